The Labute approximate surface area is 155 Å². The van der Waals surface area contributed by atoms with Crippen molar-refractivity contribution in [1.29, 1.82) is 5.26 Å². The molecule has 5 nitrogen and oxygen atoms in total. The molecule has 140 valence electrons. The minimum Gasteiger partial charge on any atom is -0.496 e. The predicted octanol–water partition coefficient (Wildman–Crippen LogP) is 4.37. The third-order valence-corrected chi connectivity index (χ3v) is 3.71. The number of ether oxygens (including phenoxy) is 2. The van der Waals surface area contributed by atoms with Gasteiger partial charge in [-0.1, -0.05) is 6.08 Å². The summed E-state index contributed by atoms with van der Waals surface area (Å²) >= 11 is 0. The molecule has 2 aromatic rings. The van der Waals surface area contributed by atoms with Gasteiger partial charge in [0.05, 0.1) is 18.7 Å². The van der Waals surface area contributed by atoms with Crippen LogP contribution in [-0.4, -0.2) is 24.8 Å². The third kappa shape index (κ3) is 4.61. The summed E-state index contributed by atoms with van der Waals surface area (Å²) in [5.74, 6) is -4.01. The second-order valence-electron chi connectivity index (χ2n) is 5.54. The summed E-state index contributed by atoms with van der Waals surface area (Å²) in [4.78, 5) is 10.8. The van der Waals surface area contributed by atoms with E-state index in [1.165, 1.54) is 56.5 Å². The van der Waals surface area contributed by atoms with E-state index < -0.39 is 18.5 Å². The molecule has 0 aliphatic heterocycles. The SMILES string of the molecule is C/C=C/C(F)(F)c1ccc(OCC(=O)O)c(-c2cc(C#N)ccc2OC)c1. The first-order valence-electron chi connectivity index (χ1n) is 7.91. The molecule has 0 heterocycles. The van der Waals surface area contributed by atoms with Crippen molar-refractivity contribution in [3.63, 3.8) is 0 Å². The number of benzene rings is 2. The van der Waals surface area contributed by atoms with Gasteiger partial charge in [0.25, 0.3) is 5.92 Å². The van der Waals surface area contributed by atoms with Gasteiger partial charge in [-0.2, -0.15) is 14.0 Å². The molecule has 0 bridgehead atoms. The first kappa shape index (κ1) is 19.9. The molecule has 0 spiro atoms. The van der Waals surface area contributed by atoms with Crippen LogP contribution in [0.15, 0.2) is 48.6 Å². The minimum absolute atomic E-state index is 0.0887. The topological polar surface area (TPSA) is 79.5 Å². The van der Waals surface area contributed by atoms with E-state index in [9.17, 15) is 13.6 Å². The van der Waals surface area contributed by atoms with Crippen molar-refractivity contribution in [2.24, 2.45) is 0 Å². The number of carboxylic acid groups (broad SMARTS) is 1. The Morgan fingerprint density at radius 3 is 2.48 bits per heavy atom. The van der Waals surface area contributed by atoms with Crippen molar-refractivity contribution < 1.29 is 28.2 Å². The van der Waals surface area contributed by atoms with Crippen molar-refractivity contribution in [2.45, 2.75) is 12.8 Å². The van der Waals surface area contributed by atoms with Crippen LogP contribution in [0.3, 0.4) is 0 Å². The lowest BCUT2D eigenvalue weighted by molar-refractivity contribution is -0.139. The lowest BCUT2D eigenvalue weighted by atomic mass is 9.97. The molecular weight excluding hydrogens is 356 g/mol. The van der Waals surface area contributed by atoms with E-state index in [1.54, 1.807) is 0 Å². The second kappa shape index (κ2) is 8.32. The first-order chi connectivity index (χ1) is 12.8. The van der Waals surface area contributed by atoms with E-state index in [4.69, 9.17) is 19.8 Å². The van der Waals surface area contributed by atoms with Crippen LogP contribution in [0.1, 0.15) is 18.1 Å². The van der Waals surface area contributed by atoms with Crippen LogP contribution in [0.5, 0.6) is 11.5 Å². The van der Waals surface area contributed by atoms with Gasteiger partial charge in [-0.3, -0.25) is 0 Å². The van der Waals surface area contributed by atoms with Crippen LogP contribution in [0.2, 0.25) is 0 Å². The molecular formula is C20H17F2NO4. The van der Waals surface area contributed by atoms with Crippen LogP contribution in [-0.2, 0) is 10.7 Å². The predicted molar refractivity (Wildman–Crippen MR) is 95.0 cm³/mol. The molecule has 0 fully saturated rings. The summed E-state index contributed by atoms with van der Waals surface area (Å²) in [7, 11) is 1.40. The highest BCUT2D eigenvalue weighted by atomic mass is 19.3. The molecule has 2 aromatic carbocycles. The molecule has 0 saturated heterocycles. The van der Waals surface area contributed by atoms with Crippen molar-refractivity contribution in [1.82, 2.24) is 0 Å². The van der Waals surface area contributed by atoms with Crippen LogP contribution >= 0.6 is 0 Å². The quantitative estimate of drug-likeness (QED) is 0.729. The van der Waals surface area contributed by atoms with Gasteiger partial charge in [0.1, 0.15) is 11.5 Å². The van der Waals surface area contributed by atoms with E-state index in [0.717, 1.165) is 6.08 Å². The lowest BCUT2D eigenvalue weighted by Gasteiger charge is -2.18. The van der Waals surface area contributed by atoms with Crippen LogP contribution in [0.4, 0.5) is 8.78 Å². The van der Waals surface area contributed by atoms with Crippen molar-refractivity contribution >= 4 is 5.97 Å². The standard InChI is InChI=1S/C20H17F2NO4/c1-3-8-20(21,22)14-5-7-18(27-12-19(24)25)16(10-14)15-9-13(11-23)4-6-17(15)26-2/h3-10H,12H2,1-2H3,(H,24,25)/b8-3+. The van der Waals surface area contributed by atoms with Gasteiger partial charge in [0.2, 0.25) is 0 Å². The highest BCUT2D eigenvalue weighted by molar-refractivity contribution is 5.78. The maximum absolute atomic E-state index is 14.3. The summed E-state index contributed by atoms with van der Waals surface area (Å²) in [6.07, 6.45) is 2.00. The largest absolute Gasteiger partial charge is 0.496 e. The van der Waals surface area contributed by atoms with E-state index in [1.807, 2.05) is 6.07 Å². The van der Waals surface area contributed by atoms with Gasteiger partial charge in [0, 0.05) is 16.7 Å². The highest BCUT2D eigenvalue weighted by Crippen LogP contribution is 2.41. The molecule has 0 aliphatic carbocycles. The minimum atomic E-state index is -3.23. The third-order valence-electron chi connectivity index (χ3n) is 3.71. The molecule has 7 heteroatoms. The second-order valence-corrected chi connectivity index (χ2v) is 5.54. The number of nitriles is 1. The Morgan fingerprint density at radius 1 is 1.22 bits per heavy atom. The van der Waals surface area contributed by atoms with Gasteiger partial charge in [-0.25, -0.2) is 4.79 Å². The average Bonchev–Trinajstić information content (AvgIpc) is 2.65. The van der Waals surface area contributed by atoms with E-state index >= 15 is 0 Å². The molecule has 1 N–H and O–H groups in total. The number of carbonyl (C=O) groups is 1. The lowest BCUT2D eigenvalue weighted by Crippen LogP contribution is -2.12. The molecule has 27 heavy (non-hydrogen) atoms. The molecule has 0 radical (unpaired) electrons. The Balaban J connectivity index is 2.70. The summed E-state index contributed by atoms with van der Waals surface area (Å²) in [5.41, 5.74) is 0.533. The molecule has 0 aliphatic rings. The highest BCUT2D eigenvalue weighted by Gasteiger charge is 2.29. The molecule has 0 amide bonds. The number of allylic oxidation sites excluding steroid dienone is 2. The molecule has 0 unspecified atom stereocenters. The van der Waals surface area contributed by atoms with Crippen LogP contribution in [0, 0.1) is 11.3 Å². The number of rotatable bonds is 7. The van der Waals surface area contributed by atoms with Crippen molar-refractivity contribution in [3.8, 4) is 28.7 Å². The molecule has 0 atom stereocenters. The summed E-state index contributed by atoms with van der Waals surface area (Å²) in [6, 6.07) is 10.2. The Bertz CT molecular complexity index is 917. The number of hydrogen-bond donors (Lipinski definition) is 1. The number of aliphatic carboxylic acids is 1. The fourth-order valence-corrected chi connectivity index (χ4v) is 2.51. The van der Waals surface area contributed by atoms with E-state index in [0.29, 0.717) is 16.9 Å². The van der Waals surface area contributed by atoms with Crippen LogP contribution < -0.4 is 9.47 Å². The van der Waals surface area contributed by atoms with Gasteiger partial charge >= 0.3 is 5.97 Å². The first-order valence-corrected chi connectivity index (χ1v) is 7.91. The Kier molecular flexibility index (Phi) is 6.14. The zero-order valence-electron chi connectivity index (χ0n) is 14.7. The van der Waals surface area contributed by atoms with Crippen molar-refractivity contribution in [3.05, 3.63) is 59.7 Å². The van der Waals surface area contributed by atoms with Gasteiger partial charge in [-0.05, 0) is 49.4 Å². The number of alkyl halides is 2. The molecule has 2 rings (SSSR count). The number of carboxylic acids is 1. The van der Waals surface area contributed by atoms with Gasteiger partial charge < -0.3 is 14.6 Å². The van der Waals surface area contributed by atoms with Crippen LogP contribution in [0.25, 0.3) is 11.1 Å². The molecule has 0 saturated carbocycles. The number of nitrogens with zero attached hydrogens (tertiary/aromatic N) is 1. The van der Waals surface area contributed by atoms with Crippen molar-refractivity contribution in [2.75, 3.05) is 13.7 Å². The van der Waals surface area contributed by atoms with E-state index in [-0.39, 0.29) is 16.9 Å². The normalized spacial score (nSPS) is 11.2. The molecule has 0 aromatic heterocycles. The Morgan fingerprint density at radius 2 is 1.89 bits per heavy atom. The Hall–Kier alpha value is -3.40. The fourth-order valence-electron chi connectivity index (χ4n) is 2.51. The average molecular weight is 373 g/mol. The number of methoxy groups -OCH3 is 1. The summed E-state index contributed by atoms with van der Waals surface area (Å²) < 4.78 is 39.2. The van der Waals surface area contributed by atoms with E-state index in [2.05, 4.69) is 0 Å². The monoisotopic (exact) mass is 373 g/mol. The summed E-state index contributed by atoms with van der Waals surface area (Å²) in [6.45, 7) is 0.844. The number of hydrogen-bond acceptors (Lipinski definition) is 4. The maximum Gasteiger partial charge on any atom is 0.341 e. The van der Waals surface area contributed by atoms with Gasteiger partial charge in [-0.15, -0.1) is 0 Å². The zero-order chi connectivity index (χ0) is 20.0. The van der Waals surface area contributed by atoms with Gasteiger partial charge in [0.15, 0.2) is 6.61 Å². The number of halogens is 2. The smallest absolute Gasteiger partial charge is 0.341 e. The fraction of sp³-hybridized carbons (Fsp3) is 0.200. The maximum atomic E-state index is 14.3. The summed E-state index contributed by atoms with van der Waals surface area (Å²) in [5, 5.41) is 18.0. The zero-order valence-corrected chi connectivity index (χ0v) is 14.7.